The summed E-state index contributed by atoms with van der Waals surface area (Å²) >= 11 is 11.5. The van der Waals surface area contributed by atoms with Gasteiger partial charge in [0, 0.05) is 19.9 Å². The fraction of sp³-hybridized carbons (Fsp3) is 0.357. The largest absolute Gasteiger partial charge is 0.312 e. The Kier molecular flexibility index (Phi) is 3.94. The molecule has 1 aliphatic carbocycles. The van der Waals surface area contributed by atoms with E-state index < -0.39 is 0 Å². The van der Waals surface area contributed by atoms with Crippen molar-refractivity contribution in [3.8, 4) is 10.6 Å². The van der Waals surface area contributed by atoms with Crippen molar-refractivity contribution in [3.63, 3.8) is 0 Å². The molecule has 0 spiro atoms. The fourth-order valence-corrected chi connectivity index (χ4v) is 4.41. The lowest BCUT2D eigenvalue weighted by Crippen LogP contribution is -2.21. The summed E-state index contributed by atoms with van der Waals surface area (Å²) in [7, 11) is 2.01. The van der Waals surface area contributed by atoms with Crippen LogP contribution in [0.25, 0.3) is 10.6 Å². The van der Waals surface area contributed by atoms with Gasteiger partial charge in [-0.05, 0) is 44.5 Å². The zero-order valence-electron chi connectivity index (χ0n) is 10.5. The highest BCUT2D eigenvalue weighted by Crippen LogP contribution is 2.39. The molecule has 1 atom stereocenters. The molecule has 0 saturated heterocycles. The van der Waals surface area contributed by atoms with Gasteiger partial charge in [-0.3, -0.25) is 0 Å². The number of hydrogen-bond donors (Lipinski definition) is 1. The molecular weight excluding hydrogens is 344 g/mol. The van der Waals surface area contributed by atoms with Crippen LogP contribution in [-0.4, -0.2) is 12.0 Å². The van der Waals surface area contributed by atoms with Crippen molar-refractivity contribution in [3.05, 3.63) is 38.3 Å². The van der Waals surface area contributed by atoms with Gasteiger partial charge in [-0.25, -0.2) is 4.98 Å². The first kappa shape index (κ1) is 13.6. The number of benzene rings is 1. The summed E-state index contributed by atoms with van der Waals surface area (Å²) in [6.07, 6.45) is 3.55. The van der Waals surface area contributed by atoms with Gasteiger partial charge in [0.15, 0.2) is 0 Å². The van der Waals surface area contributed by atoms with Crippen molar-refractivity contribution >= 4 is 38.9 Å². The fourth-order valence-electron chi connectivity index (χ4n) is 2.48. The molecule has 3 rings (SSSR count). The number of aryl methyl sites for hydroxylation is 1. The van der Waals surface area contributed by atoms with Crippen molar-refractivity contribution in [1.82, 2.24) is 10.3 Å². The van der Waals surface area contributed by atoms with Gasteiger partial charge in [0.1, 0.15) is 5.01 Å². The Morgan fingerprint density at radius 1 is 1.47 bits per heavy atom. The summed E-state index contributed by atoms with van der Waals surface area (Å²) in [5.74, 6) is 0. The Balaban J connectivity index is 2.07. The van der Waals surface area contributed by atoms with E-state index in [9.17, 15) is 0 Å². The Bertz CT molecular complexity index is 611. The van der Waals surface area contributed by atoms with Crippen molar-refractivity contribution in [1.29, 1.82) is 0 Å². The second-order valence-corrected chi connectivity index (χ2v) is 7.06. The molecule has 1 aliphatic rings. The van der Waals surface area contributed by atoms with E-state index >= 15 is 0 Å². The lowest BCUT2D eigenvalue weighted by molar-refractivity contribution is 0.490. The van der Waals surface area contributed by atoms with Crippen molar-refractivity contribution < 1.29 is 0 Å². The zero-order valence-corrected chi connectivity index (χ0v) is 13.7. The highest BCUT2D eigenvalue weighted by atomic mass is 79.9. The van der Waals surface area contributed by atoms with Gasteiger partial charge < -0.3 is 5.32 Å². The smallest absolute Gasteiger partial charge is 0.125 e. The number of thiazole rings is 1. The highest BCUT2D eigenvalue weighted by Gasteiger charge is 2.24. The zero-order chi connectivity index (χ0) is 13.4. The molecule has 0 saturated carbocycles. The summed E-state index contributed by atoms with van der Waals surface area (Å²) in [4.78, 5) is 6.25. The van der Waals surface area contributed by atoms with Gasteiger partial charge in [-0.2, -0.15) is 0 Å². The van der Waals surface area contributed by atoms with Crippen LogP contribution >= 0.6 is 38.9 Å². The first-order chi connectivity index (χ1) is 9.19. The lowest BCUT2D eigenvalue weighted by atomic mass is 9.98. The van der Waals surface area contributed by atoms with Crippen LogP contribution in [0.1, 0.15) is 29.5 Å². The number of nitrogens with one attached hydrogen (secondary N) is 1. The minimum absolute atomic E-state index is 0.395. The van der Waals surface area contributed by atoms with Crippen LogP contribution in [0.4, 0.5) is 0 Å². The Hall–Kier alpha value is -0.420. The number of nitrogens with zero attached hydrogens (tertiary/aromatic N) is 1. The maximum Gasteiger partial charge on any atom is 0.125 e. The molecule has 5 heteroatoms. The topological polar surface area (TPSA) is 24.9 Å². The van der Waals surface area contributed by atoms with Gasteiger partial charge in [-0.1, -0.05) is 27.5 Å². The van der Waals surface area contributed by atoms with Crippen LogP contribution < -0.4 is 5.32 Å². The van der Waals surface area contributed by atoms with Gasteiger partial charge >= 0.3 is 0 Å². The number of aromatic nitrogens is 1. The maximum atomic E-state index is 6.09. The van der Waals surface area contributed by atoms with Crippen LogP contribution in [-0.2, 0) is 6.42 Å². The minimum Gasteiger partial charge on any atom is -0.312 e. The Morgan fingerprint density at radius 3 is 3.11 bits per heavy atom. The van der Waals surface area contributed by atoms with E-state index in [4.69, 9.17) is 16.6 Å². The van der Waals surface area contributed by atoms with E-state index in [0.29, 0.717) is 6.04 Å². The normalized spacial score (nSPS) is 18.4. The third-order valence-corrected chi connectivity index (χ3v) is 5.55. The number of fused-ring (bicyclic) bond motifs is 1. The van der Waals surface area contributed by atoms with Crippen molar-refractivity contribution in [2.75, 3.05) is 7.05 Å². The summed E-state index contributed by atoms with van der Waals surface area (Å²) in [6, 6.07) is 6.24. The standard InChI is InChI=1S/C14H14BrClN2S/c1-17-11-3-2-4-12-13(11)18-14(19-12)9-7-8(16)5-6-10(9)15/h5-7,11,17H,2-4H2,1H3. The van der Waals surface area contributed by atoms with Crippen LogP contribution in [0, 0.1) is 0 Å². The van der Waals surface area contributed by atoms with E-state index in [-0.39, 0.29) is 0 Å². The van der Waals surface area contributed by atoms with Gasteiger partial charge in [0.2, 0.25) is 0 Å². The summed E-state index contributed by atoms with van der Waals surface area (Å²) < 4.78 is 1.05. The molecule has 1 aromatic carbocycles. The highest BCUT2D eigenvalue weighted by molar-refractivity contribution is 9.10. The van der Waals surface area contributed by atoms with Crippen LogP contribution in [0.5, 0.6) is 0 Å². The first-order valence-electron chi connectivity index (χ1n) is 6.31. The molecule has 0 amide bonds. The molecule has 1 N–H and O–H groups in total. The average molecular weight is 358 g/mol. The average Bonchev–Trinajstić information content (AvgIpc) is 2.85. The predicted molar refractivity (Wildman–Crippen MR) is 85.0 cm³/mol. The maximum absolute atomic E-state index is 6.09. The van der Waals surface area contributed by atoms with Crippen LogP contribution in [0.3, 0.4) is 0 Å². The second-order valence-electron chi connectivity index (χ2n) is 4.69. The molecule has 1 aromatic heterocycles. The van der Waals surface area contributed by atoms with Gasteiger partial charge in [-0.15, -0.1) is 11.3 Å². The van der Waals surface area contributed by atoms with Crippen molar-refractivity contribution in [2.24, 2.45) is 0 Å². The molecule has 100 valence electrons. The number of halogens is 2. The van der Waals surface area contributed by atoms with Gasteiger partial charge in [0.05, 0.1) is 11.7 Å². The molecule has 19 heavy (non-hydrogen) atoms. The molecule has 1 heterocycles. The molecule has 1 unspecified atom stereocenters. The number of hydrogen-bond acceptors (Lipinski definition) is 3. The monoisotopic (exact) mass is 356 g/mol. The van der Waals surface area contributed by atoms with Crippen LogP contribution in [0.15, 0.2) is 22.7 Å². The van der Waals surface area contributed by atoms with E-state index in [0.717, 1.165) is 26.5 Å². The lowest BCUT2D eigenvalue weighted by Gasteiger charge is -2.19. The summed E-state index contributed by atoms with van der Waals surface area (Å²) in [5.41, 5.74) is 2.31. The third-order valence-electron chi connectivity index (χ3n) is 3.46. The molecule has 2 aromatic rings. The van der Waals surface area contributed by atoms with Gasteiger partial charge in [0.25, 0.3) is 0 Å². The molecule has 0 bridgehead atoms. The molecule has 2 nitrogen and oxygen atoms in total. The Labute approximate surface area is 130 Å². The molecule has 0 aliphatic heterocycles. The van der Waals surface area contributed by atoms with Crippen molar-refractivity contribution in [2.45, 2.75) is 25.3 Å². The molecule has 0 radical (unpaired) electrons. The summed E-state index contributed by atoms with van der Waals surface area (Å²) in [6.45, 7) is 0. The first-order valence-corrected chi connectivity index (χ1v) is 8.30. The second kappa shape index (κ2) is 5.52. The SMILES string of the molecule is CNC1CCCc2sc(-c3cc(Cl)ccc3Br)nc21. The van der Waals surface area contributed by atoms with E-state index in [1.54, 1.807) is 11.3 Å². The third kappa shape index (κ3) is 2.59. The molecule has 0 fully saturated rings. The number of rotatable bonds is 2. The van der Waals surface area contributed by atoms with E-state index in [1.165, 1.54) is 23.4 Å². The molecular formula is C14H14BrClN2S. The Morgan fingerprint density at radius 2 is 2.32 bits per heavy atom. The summed E-state index contributed by atoms with van der Waals surface area (Å²) in [5, 5.41) is 5.16. The minimum atomic E-state index is 0.395. The predicted octanol–water partition coefficient (Wildman–Crippen LogP) is 4.82. The van der Waals surface area contributed by atoms with E-state index in [1.807, 2.05) is 25.2 Å². The van der Waals surface area contributed by atoms with E-state index in [2.05, 4.69) is 21.2 Å². The quantitative estimate of drug-likeness (QED) is 0.833. The van der Waals surface area contributed by atoms with Crippen LogP contribution in [0.2, 0.25) is 5.02 Å².